The Labute approximate surface area is 233 Å². The fourth-order valence-corrected chi connectivity index (χ4v) is 7.13. The zero-order valence-electron chi connectivity index (χ0n) is 23.2. The number of ether oxygens (including phenoxy) is 1. The number of alkyl halides is 6. The van der Waals surface area contributed by atoms with Gasteiger partial charge in [-0.3, -0.25) is 4.79 Å². The molecular formula is C28H35F6NO2S2. The molecule has 2 aromatic heterocycles. The van der Waals surface area contributed by atoms with Crippen molar-refractivity contribution >= 4 is 39.7 Å². The van der Waals surface area contributed by atoms with E-state index in [2.05, 4.69) is 5.32 Å². The van der Waals surface area contributed by atoms with Gasteiger partial charge in [-0.05, 0) is 66.9 Å². The minimum atomic E-state index is -5.67. The Kier molecular flexibility index (Phi) is 9.39. The van der Waals surface area contributed by atoms with Crippen LogP contribution in [-0.4, -0.2) is 42.9 Å². The van der Waals surface area contributed by atoms with Crippen molar-refractivity contribution in [2.75, 3.05) is 13.2 Å². The van der Waals surface area contributed by atoms with Crippen LogP contribution in [-0.2, 0) is 4.74 Å². The van der Waals surface area contributed by atoms with Crippen LogP contribution >= 0.6 is 22.7 Å². The number of carbonyl (C=O) groups is 1. The van der Waals surface area contributed by atoms with Gasteiger partial charge in [0.2, 0.25) is 0 Å². The zero-order chi connectivity index (χ0) is 29.5. The minimum Gasteiger partial charge on any atom is -0.379 e. The molecule has 1 aliphatic carbocycles. The summed E-state index contributed by atoms with van der Waals surface area (Å²) in [5.74, 6) is -16.8. The topological polar surface area (TPSA) is 38.3 Å². The number of allylic oxidation sites excluding steroid dienone is 2. The first-order valence-corrected chi connectivity index (χ1v) is 14.6. The number of carbonyl (C=O) groups excluding carboxylic acids is 1. The Hall–Kier alpha value is -1.85. The van der Waals surface area contributed by atoms with Crippen LogP contribution in [0.5, 0.6) is 0 Å². The molecule has 11 heteroatoms. The molecule has 0 fully saturated rings. The average Bonchev–Trinajstić information content (AvgIpc) is 3.28. The average molecular weight is 596 g/mol. The summed E-state index contributed by atoms with van der Waals surface area (Å²) in [5.41, 5.74) is -3.70. The van der Waals surface area contributed by atoms with E-state index in [9.17, 15) is 13.6 Å². The van der Waals surface area contributed by atoms with Gasteiger partial charge in [0.1, 0.15) is 0 Å². The summed E-state index contributed by atoms with van der Waals surface area (Å²) in [6, 6.07) is 0. The second kappa shape index (κ2) is 11.6. The van der Waals surface area contributed by atoms with Crippen molar-refractivity contribution in [3.05, 3.63) is 41.8 Å². The Balaban J connectivity index is 2.02. The molecule has 3 rings (SSSR count). The van der Waals surface area contributed by atoms with Crippen molar-refractivity contribution in [3.63, 3.8) is 0 Å². The molecule has 0 aromatic carbocycles. The third kappa shape index (κ3) is 5.55. The molecule has 1 amide bonds. The van der Waals surface area contributed by atoms with E-state index >= 15 is 17.6 Å². The van der Waals surface area contributed by atoms with E-state index in [4.69, 9.17) is 4.74 Å². The van der Waals surface area contributed by atoms with E-state index in [0.717, 1.165) is 41.9 Å². The monoisotopic (exact) mass is 595 g/mol. The summed E-state index contributed by atoms with van der Waals surface area (Å²) in [4.78, 5) is 14.4. The fourth-order valence-electron chi connectivity index (χ4n) is 5.00. The minimum absolute atomic E-state index is 0.103. The highest BCUT2D eigenvalue weighted by atomic mass is 32.1. The van der Waals surface area contributed by atoms with Crippen LogP contribution in [0.3, 0.4) is 0 Å². The maximum absolute atomic E-state index is 15.5. The molecule has 0 aliphatic heterocycles. The summed E-state index contributed by atoms with van der Waals surface area (Å²) in [6.45, 7) is 12.2. The smallest absolute Gasteiger partial charge is 0.379 e. The first kappa shape index (κ1) is 31.7. The van der Waals surface area contributed by atoms with E-state index in [-0.39, 0.29) is 39.1 Å². The summed E-state index contributed by atoms with van der Waals surface area (Å²) in [7, 11) is 0. The highest BCUT2D eigenvalue weighted by Crippen LogP contribution is 2.66. The van der Waals surface area contributed by atoms with E-state index in [0.29, 0.717) is 22.8 Å². The van der Waals surface area contributed by atoms with Crippen LogP contribution in [0.1, 0.15) is 86.1 Å². The molecular weight excluding hydrogens is 560 g/mol. The third-order valence-electron chi connectivity index (χ3n) is 7.02. The number of thiophene rings is 2. The number of hydrogen-bond acceptors (Lipinski definition) is 4. The van der Waals surface area contributed by atoms with Crippen LogP contribution in [0.25, 0.3) is 11.1 Å². The SMILES string of the molecule is Cc1sc(C)c(C2=C(c3c(C)sc(C)c3C(=O)NCCCCCCOC(C)C)C(F)(F)C(F)(F)C2(F)F)c1C. The van der Waals surface area contributed by atoms with Crippen LogP contribution in [0.15, 0.2) is 0 Å². The molecule has 0 saturated carbocycles. The molecule has 0 saturated heterocycles. The van der Waals surface area contributed by atoms with Crippen molar-refractivity contribution in [1.29, 1.82) is 0 Å². The molecule has 2 heterocycles. The van der Waals surface area contributed by atoms with Gasteiger partial charge in [-0.25, -0.2) is 0 Å². The van der Waals surface area contributed by atoms with Crippen molar-refractivity contribution < 1.29 is 35.9 Å². The quantitative estimate of drug-likeness (QED) is 0.208. The van der Waals surface area contributed by atoms with Gasteiger partial charge in [-0.1, -0.05) is 12.8 Å². The molecule has 0 bridgehead atoms. The van der Waals surface area contributed by atoms with Gasteiger partial charge in [0.25, 0.3) is 5.91 Å². The summed E-state index contributed by atoms with van der Waals surface area (Å²) >= 11 is 2.03. The first-order chi connectivity index (χ1) is 18.0. The summed E-state index contributed by atoms with van der Waals surface area (Å²) < 4.78 is 97.0. The number of halogens is 6. The molecule has 3 nitrogen and oxygen atoms in total. The van der Waals surface area contributed by atoms with Crippen molar-refractivity contribution in [2.24, 2.45) is 0 Å². The maximum atomic E-state index is 15.5. The lowest BCUT2D eigenvalue weighted by molar-refractivity contribution is -0.254. The largest absolute Gasteiger partial charge is 0.380 e. The van der Waals surface area contributed by atoms with Gasteiger partial charge in [-0.2, -0.15) is 26.3 Å². The second-order valence-electron chi connectivity index (χ2n) is 10.2. The van der Waals surface area contributed by atoms with Crippen LogP contribution in [0, 0.1) is 34.6 Å². The second-order valence-corrected chi connectivity index (χ2v) is 13.1. The first-order valence-electron chi connectivity index (χ1n) is 12.9. The van der Waals surface area contributed by atoms with E-state index < -0.39 is 40.4 Å². The number of nitrogens with one attached hydrogen (secondary N) is 1. The van der Waals surface area contributed by atoms with Crippen LogP contribution in [0.2, 0.25) is 0 Å². The molecule has 2 aromatic rings. The van der Waals surface area contributed by atoms with Crippen LogP contribution < -0.4 is 5.32 Å². The molecule has 1 aliphatic rings. The van der Waals surface area contributed by atoms with E-state index in [1.807, 2.05) is 13.8 Å². The molecule has 39 heavy (non-hydrogen) atoms. The number of amides is 1. The number of unbranched alkanes of at least 4 members (excludes halogenated alkanes) is 3. The molecule has 0 unspecified atom stereocenters. The van der Waals surface area contributed by atoms with Crippen molar-refractivity contribution in [1.82, 2.24) is 5.32 Å². The lowest BCUT2D eigenvalue weighted by Gasteiger charge is -2.26. The fraction of sp³-hybridized carbons (Fsp3) is 0.607. The Bertz CT molecular complexity index is 1260. The standard InChI is InChI=1S/C28H35F6NO2S2/c1-14(2)37-13-11-9-8-10-12-35-25(36)22-19(7)39-18(6)21(22)24-23(20-15(3)16(4)38-17(20)5)26(29,30)28(33,34)27(24,31)32/h14H,8-13H2,1-7H3,(H,35,36). The number of hydrogen-bond donors (Lipinski definition) is 1. The molecule has 218 valence electrons. The van der Waals surface area contributed by atoms with Gasteiger partial charge >= 0.3 is 17.8 Å². The Morgan fingerprint density at radius 1 is 0.769 bits per heavy atom. The summed E-state index contributed by atoms with van der Waals surface area (Å²) in [5, 5.41) is 2.67. The van der Waals surface area contributed by atoms with E-state index in [1.165, 1.54) is 27.7 Å². The van der Waals surface area contributed by atoms with Gasteiger partial charge < -0.3 is 10.1 Å². The molecule has 0 spiro atoms. The number of rotatable bonds is 11. The maximum Gasteiger partial charge on any atom is 0.380 e. The number of aryl methyl sites for hydroxylation is 4. The highest BCUT2D eigenvalue weighted by molar-refractivity contribution is 7.12. The zero-order valence-corrected chi connectivity index (χ0v) is 24.9. The van der Waals surface area contributed by atoms with E-state index in [1.54, 1.807) is 6.92 Å². The van der Waals surface area contributed by atoms with Crippen molar-refractivity contribution in [3.8, 4) is 0 Å². The molecule has 1 N–H and O–H groups in total. The predicted octanol–water partition coefficient (Wildman–Crippen LogP) is 8.90. The highest BCUT2D eigenvalue weighted by Gasteiger charge is 2.80. The Morgan fingerprint density at radius 2 is 1.28 bits per heavy atom. The molecule has 0 atom stereocenters. The van der Waals surface area contributed by atoms with Gasteiger partial charge in [-0.15, -0.1) is 22.7 Å². The predicted molar refractivity (Wildman–Crippen MR) is 146 cm³/mol. The Morgan fingerprint density at radius 3 is 1.82 bits per heavy atom. The lowest BCUT2D eigenvalue weighted by atomic mass is 9.90. The molecule has 0 radical (unpaired) electrons. The lowest BCUT2D eigenvalue weighted by Crippen LogP contribution is -2.49. The third-order valence-corrected chi connectivity index (χ3v) is 9.17. The van der Waals surface area contributed by atoms with Gasteiger partial charge in [0.15, 0.2) is 0 Å². The van der Waals surface area contributed by atoms with Gasteiger partial charge in [0.05, 0.1) is 11.7 Å². The summed E-state index contributed by atoms with van der Waals surface area (Å²) in [6.07, 6.45) is 3.27. The van der Waals surface area contributed by atoms with Crippen LogP contribution in [0.4, 0.5) is 26.3 Å². The van der Waals surface area contributed by atoms with Gasteiger partial charge in [0, 0.05) is 54.9 Å². The normalized spacial score (nSPS) is 17.9. The van der Waals surface area contributed by atoms with Crippen molar-refractivity contribution in [2.45, 2.75) is 98.0 Å².